The van der Waals surface area contributed by atoms with Crippen molar-refractivity contribution in [2.75, 3.05) is 18.0 Å². The number of nitrogens with zero attached hydrogens (tertiary/aromatic N) is 1. The van der Waals surface area contributed by atoms with E-state index in [9.17, 15) is 0 Å². The van der Waals surface area contributed by atoms with Gasteiger partial charge in [0.25, 0.3) is 0 Å². The van der Waals surface area contributed by atoms with Crippen LogP contribution in [0.25, 0.3) is 0 Å². The molecule has 2 heteroatoms. The van der Waals surface area contributed by atoms with E-state index >= 15 is 0 Å². The summed E-state index contributed by atoms with van der Waals surface area (Å²) in [7, 11) is 5.87. The third-order valence-electron chi connectivity index (χ3n) is 2.94. The summed E-state index contributed by atoms with van der Waals surface area (Å²) in [5, 5.41) is 0. The van der Waals surface area contributed by atoms with Gasteiger partial charge in [0.15, 0.2) is 0 Å². The minimum Gasteiger partial charge on any atom is -0.372 e. The molecule has 0 aliphatic carbocycles. The zero-order valence-electron chi connectivity index (χ0n) is 8.74. The summed E-state index contributed by atoms with van der Waals surface area (Å²) in [6, 6.07) is 8.74. The highest BCUT2D eigenvalue weighted by molar-refractivity contribution is 6.11. The highest BCUT2D eigenvalue weighted by atomic mass is 15.1. The highest BCUT2D eigenvalue weighted by Gasteiger charge is 2.15. The summed E-state index contributed by atoms with van der Waals surface area (Å²) in [6.45, 7) is 4.32. The Labute approximate surface area is 87.5 Å². The first-order chi connectivity index (χ1) is 6.75. The zero-order valence-corrected chi connectivity index (χ0v) is 8.74. The minimum absolute atomic E-state index is 0.414. The Morgan fingerprint density at radius 1 is 1.14 bits per heavy atom. The number of anilines is 1. The Bertz CT molecular complexity index is 286. The summed E-state index contributed by atoms with van der Waals surface area (Å²) < 4.78 is 0. The lowest BCUT2D eigenvalue weighted by atomic mass is 9.79. The molecule has 0 saturated carbocycles. The average molecular weight is 185 g/mol. The van der Waals surface area contributed by atoms with Crippen molar-refractivity contribution in [3.63, 3.8) is 0 Å². The van der Waals surface area contributed by atoms with E-state index < -0.39 is 0 Å². The summed E-state index contributed by atoms with van der Waals surface area (Å²) in [6.07, 6.45) is 2.24. The van der Waals surface area contributed by atoms with Gasteiger partial charge in [-0.25, -0.2) is 0 Å². The third kappa shape index (κ3) is 2.12. The SMILES string of the molecule is [B]C1CCN(c2ccc(C)cc2)CC1. The number of hydrogen-bond acceptors (Lipinski definition) is 1. The summed E-state index contributed by atoms with van der Waals surface area (Å²) in [4.78, 5) is 2.42. The third-order valence-corrected chi connectivity index (χ3v) is 2.94. The summed E-state index contributed by atoms with van der Waals surface area (Å²) in [5.41, 5.74) is 2.66. The molecule has 2 radical (unpaired) electrons. The van der Waals surface area contributed by atoms with Crippen molar-refractivity contribution < 1.29 is 0 Å². The van der Waals surface area contributed by atoms with Crippen LogP contribution >= 0.6 is 0 Å². The van der Waals surface area contributed by atoms with Gasteiger partial charge in [0, 0.05) is 18.8 Å². The summed E-state index contributed by atoms with van der Waals surface area (Å²) >= 11 is 0. The smallest absolute Gasteiger partial charge is 0.0701 e. The molecule has 0 N–H and O–H groups in total. The van der Waals surface area contributed by atoms with Crippen LogP contribution in [0, 0.1) is 6.92 Å². The molecule has 1 saturated heterocycles. The van der Waals surface area contributed by atoms with Crippen molar-refractivity contribution in [2.45, 2.75) is 25.6 Å². The lowest BCUT2D eigenvalue weighted by Crippen LogP contribution is -2.31. The molecule has 1 aliphatic heterocycles. The van der Waals surface area contributed by atoms with Crippen molar-refractivity contribution in [1.29, 1.82) is 0 Å². The van der Waals surface area contributed by atoms with E-state index in [0.717, 1.165) is 25.9 Å². The Morgan fingerprint density at radius 3 is 2.29 bits per heavy atom. The van der Waals surface area contributed by atoms with Gasteiger partial charge in [0.2, 0.25) is 0 Å². The molecule has 1 fully saturated rings. The molecular weight excluding hydrogens is 169 g/mol. The van der Waals surface area contributed by atoms with E-state index in [2.05, 4.69) is 36.1 Å². The second kappa shape index (κ2) is 4.08. The van der Waals surface area contributed by atoms with Crippen LogP contribution in [0.2, 0.25) is 5.82 Å². The molecule has 14 heavy (non-hydrogen) atoms. The van der Waals surface area contributed by atoms with E-state index in [0.29, 0.717) is 5.82 Å². The molecule has 0 aromatic heterocycles. The fourth-order valence-electron chi connectivity index (χ4n) is 1.91. The number of piperidine rings is 1. The van der Waals surface area contributed by atoms with Crippen molar-refractivity contribution in [3.05, 3.63) is 29.8 Å². The van der Waals surface area contributed by atoms with Crippen LogP contribution in [0.15, 0.2) is 24.3 Å². The van der Waals surface area contributed by atoms with Gasteiger partial charge in [-0.2, -0.15) is 0 Å². The standard InChI is InChI=1S/C12H16BN/c1-10-2-4-12(5-3-10)14-8-6-11(13)7-9-14/h2-5,11H,6-9H2,1H3. The van der Waals surface area contributed by atoms with E-state index in [1.54, 1.807) is 0 Å². The van der Waals surface area contributed by atoms with Gasteiger partial charge < -0.3 is 4.90 Å². The average Bonchev–Trinajstić information content (AvgIpc) is 2.21. The van der Waals surface area contributed by atoms with Gasteiger partial charge in [0.1, 0.15) is 0 Å². The van der Waals surface area contributed by atoms with Gasteiger partial charge >= 0.3 is 0 Å². The number of benzene rings is 1. The van der Waals surface area contributed by atoms with Crippen LogP contribution in [-0.4, -0.2) is 20.9 Å². The van der Waals surface area contributed by atoms with E-state index in [4.69, 9.17) is 7.85 Å². The van der Waals surface area contributed by atoms with Crippen molar-refractivity contribution in [1.82, 2.24) is 0 Å². The molecule has 1 aliphatic rings. The molecule has 0 bridgehead atoms. The lowest BCUT2D eigenvalue weighted by Gasteiger charge is -2.32. The Balaban J connectivity index is 2.05. The fourth-order valence-corrected chi connectivity index (χ4v) is 1.91. The van der Waals surface area contributed by atoms with Crippen LogP contribution in [0.1, 0.15) is 18.4 Å². The van der Waals surface area contributed by atoms with Crippen LogP contribution < -0.4 is 4.90 Å². The fraction of sp³-hybridized carbons (Fsp3) is 0.500. The first kappa shape index (κ1) is 9.63. The topological polar surface area (TPSA) is 3.24 Å². The normalized spacial score (nSPS) is 18.5. The molecule has 0 spiro atoms. The lowest BCUT2D eigenvalue weighted by molar-refractivity contribution is 0.577. The highest BCUT2D eigenvalue weighted by Crippen LogP contribution is 2.24. The maximum Gasteiger partial charge on any atom is 0.0701 e. The quantitative estimate of drug-likeness (QED) is 0.607. The number of rotatable bonds is 1. The van der Waals surface area contributed by atoms with Crippen LogP contribution in [0.4, 0.5) is 5.69 Å². The largest absolute Gasteiger partial charge is 0.372 e. The van der Waals surface area contributed by atoms with Gasteiger partial charge in [0.05, 0.1) is 7.85 Å². The number of hydrogen-bond donors (Lipinski definition) is 0. The molecule has 1 nitrogen and oxygen atoms in total. The Morgan fingerprint density at radius 2 is 1.71 bits per heavy atom. The number of aryl methyl sites for hydroxylation is 1. The summed E-state index contributed by atoms with van der Waals surface area (Å²) in [5.74, 6) is 0.414. The van der Waals surface area contributed by atoms with Crippen LogP contribution in [0.5, 0.6) is 0 Å². The zero-order chi connectivity index (χ0) is 9.97. The molecule has 0 atom stereocenters. The maximum atomic E-state index is 5.87. The molecule has 0 amide bonds. The molecule has 1 heterocycles. The van der Waals surface area contributed by atoms with Crippen molar-refractivity contribution >= 4 is 13.5 Å². The Hall–Kier alpha value is -0.915. The molecule has 72 valence electrons. The molecule has 2 rings (SSSR count). The van der Waals surface area contributed by atoms with E-state index in [1.165, 1.54) is 11.3 Å². The maximum absolute atomic E-state index is 5.87. The van der Waals surface area contributed by atoms with Gasteiger partial charge in [-0.1, -0.05) is 23.5 Å². The van der Waals surface area contributed by atoms with Crippen molar-refractivity contribution in [2.24, 2.45) is 0 Å². The molecule has 0 unspecified atom stereocenters. The van der Waals surface area contributed by atoms with E-state index in [-0.39, 0.29) is 0 Å². The predicted molar refractivity (Wildman–Crippen MR) is 62.1 cm³/mol. The molecule has 1 aromatic carbocycles. The predicted octanol–water partition coefficient (Wildman–Crippen LogP) is 2.55. The van der Waals surface area contributed by atoms with Gasteiger partial charge in [-0.05, 0) is 31.9 Å². The van der Waals surface area contributed by atoms with Crippen molar-refractivity contribution in [3.8, 4) is 0 Å². The Kier molecular flexibility index (Phi) is 2.81. The van der Waals surface area contributed by atoms with Crippen LogP contribution in [-0.2, 0) is 0 Å². The first-order valence-corrected chi connectivity index (χ1v) is 5.33. The first-order valence-electron chi connectivity index (χ1n) is 5.33. The van der Waals surface area contributed by atoms with Gasteiger partial charge in [-0.15, -0.1) is 0 Å². The van der Waals surface area contributed by atoms with Gasteiger partial charge in [-0.3, -0.25) is 0 Å². The second-order valence-corrected chi connectivity index (χ2v) is 4.16. The monoisotopic (exact) mass is 185 g/mol. The minimum atomic E-state index is 0.414. The molecule has 1 aromatic rings. The van der Waals surface area contributed by atoms with Crippen LogP contribution in [0.3, 0.4) is 0 Å². The molecular formula is C12H16BN. The van der Waals surface area contributed by atoms with E-state index in [1.807, 2.05) is 0 Å². The second-order valence-electron chi connectivity index (χ2n) is 4.16.